The molecule has 0 saturated carbocycles. The van der Waals surface area contributed by atoms with Gasteiger partial charge < -0.3 is 19.5 Å². The molecule has 35 heavy (non-hydrogen) atoms. The maximum absolute atomic E-state index is 6.15. The standard InChI is InChI=1S/C28H27ClN4OS/c1-4-34-23-14-12-22(13-15-23)33-27(26(31-28(33)35)25-7-5-6-16-30-25)24-17-18(2)32(19(24)3)21-10-8-20(29)9-11-21/h5-17,26-27H,4H2,1-3H3,(H,31,35)/t26-,27-/m0/s1. The number of hydrogen-bond donors (Lipinski definition) is 1. The van der Waals surface area contributed by atoms with E-state index in [1.54, 1.807) is 0 Å². The predicted molar refractivity (Wildman–Crippen MR) is 146 cm³/mol. The van der Waals surface area contributed by atoms with Crippen molar-refractivity contribution in [3.63, 3.8) is 0 Å². The van der Waals surface area contributed by atoms with Gasteiger partial charge >= 0.3 is 0 Å². The van der Waals surface area contributed by atoms with Gasteiger partial charge in [-0.2, -0.15) is 0 Å². The lowest BCUT2D eigenvalue weighted by Gasteiger charge is -2.28. The lowest BCUT2D eigenvalue weighted by atomic mass is 9.96. The van der Waals surface area contributed by atoms with Crippen LogP contribution in [0, 0.1) is 13.8 Å². The van der Waals surface area contributed by atoms with Crippen molar-refractivity contribution in [3.05, 3.63) is 107 Å². The van der Waals surface area contributed by atoms with Crippen molar-refractivity contribution in [3.8, 4) is 11.4 Å². The lowest BCUT2D eigenvalue weighted by Crippen LogP contribution is -2.29. The molecule has 0 unspecified atom stereocenters. The van der Waals surface area contributed by atoms with Gasteiger partial charge in [-0.25, -0.2) is 0 Å². The number of halogens is 1. The van der Waals surface area contributed by atoms with Gasteiger partial charge in [-0.3, -0.25) is 4.98 Å². The Morgan fingerprint density at radius 2 is 1.71 bits per heavy atom. The summed E-state index contributed by atoms with van der Waals surface area (Å²) >= 11 is 12.0. The molecule has 0 aliphatic carbocycles. The van der Waals surface area contributed by atoms with Crippen LogP contribution in [-0.4, -0.2) is 21.3 Å². The number of rotatable bonds is 6. The Morgan fingerprint density at radius 1 is 1.00 bits per heavy atom. The molecule has 178 valence electrons. The molecule has 1 N–H and O–H groups in total. The molecule has 5 nitrogen and oxygen atoms in total. The van der Waals surface area contributed by atoms with Gasteiger partial charge in [0.2, 0.25) is 0 Å². The minimum Gasteiger partial charge on any atom is -0.494 e. The molecule has 0 radical (unpaired) electrons. The highest BCUT2D eigenvalue weighted by Gasteiger charge is 2.42. The summed E-state index contributed by atoms with van der Waals surface area (Å²) in [5.74, 6) is 0.841. The van der Waals surface area contributed by atoms with E-state index in [0.29, 0.717) is 11.7 Å². The van der Waals surface area contributed by atoms with E-state index in [1.165, 1.54) is 5.56 Å². The topological polar surface area (TPSA) is 42.3 Å². The third-order valence-electron chi connectivity index (χ3n) is 6.40. The van der Waals surface area contributed by atoms with Crippen molar-refractivity contribution in [2.75, 3.05) is 11.5 Å². The Kier molecular flexibility index (Phi) is 6.50. The van der Waals surface area contributed by atoms with E-state index in [9.17, 15) is 0 Å². The van der Waals surface area contributed by atoms with Crippen LogP contribution in [0.15, 0.2) is 79.0 Å². The summed E-state index contributed by atoms with van der Waals surface area (Å²) in [7, 11) is 0. The summed E-state index contributed by atoms with van der Waals surface area (Å²) in [5.41, 5.74) is 6.51. The normalized spacial score (nSPS) is 17.5. The summed E-state index contributed by atoms with van der Waals surface area (Å²) < 4.78 is 7.92. The summed E-state index contributed by atoms with van der Waals surface area (Å²) in [5, 5.41) is 4.94. The van der Waals surface area contributed by atoms with E-state index >= 15 is 0 Å². The van der Waals surface area contributed by atoms with Gasteiger partial charge in [0.05, 0.1) is 24.4 Å². The number of anilines is 1. The number of aromatic nitrogens is 2. The Morgan fingerprint density at radius 3 is 2.37 bits per heavy atom. The van der Waals surface area contributed by atoms with E-state index < -0.39 is 0 Å². The first-order valence-corrected chi connectivity index (χ1v) is 12.4. The molecule has 0 bridgehead atoms. The minimum absolute atomic E-state index is 0.0809. The number of hydrogen-bond acceptors (Lipinski definition) is 3. The van der Waals surface area contributed by atoms with Crippen molar-refractivity contribution in [2.45, 2.75) is 32.9 Å². The van der Waals surface area contributed by atoms with Gasteiger partial charge in [0.25, 0.3) is 0 Å². The zero-order valence-electron chi connectivity index (χ0n) is 19.9. The number of nitrogens with zero attached hydrogens (tertiary/aromatic N) is 3. The molecule has 5 rings (SSSR count). The molecule has 2 aromatic carbocycles. The van der Waals surface area contributed by atoms with Crippen LogP contribution in [0.5, 0.6) is 5.75 Å². The average Bonchev–Trinajstić information content (AvgIpc) is 3.36. The highest BCUT2D eigenvalue weighted by atomic mass is 35.5. The molecule has 4 aromatic rings. The van der Waals surface area contributed by atoms with Gasteiger partial charge in [0, 0.05) is 34.0 Å². The van der Waals surface area contributed by atoms with Crippen molar-refractivity contribution >= 4 is 34.6 Å². The summed E-state index contributed by atoms with van der Waals surface area (Å²) in [4.78, 5) is 6.87. The first-order chi connectivity index (χ1) is 17.0. The number of ether oxygens (including phenoxy) is 1. The fraction of sp³-hybridized carbons (Fsp3) is 0.214. The zero-order valence-corrected chi connectivity index (χ0v) is 21.5. The lowest BCUT2D eigenvalue weighted by molar-refractivity contribution is 0.340. The zero-order chi connectivity index (χ0) is 24.5. The third-order valence-corrected chi connectivity index (χ3v) is 6.96. The Balaban J connectivity index is 1.63. The van der Waals surface area contributed by atoms with E-state index in [1.807, 2.05) is 67.7 Å². The van der Waals surface area contributed by atoms with Crippen LogP contribution in [0.4, 0.5) is 5.69 Å². The molecule has 0 amide bonds. The highest BCUT2D eigenvalue weighted by Crippen LogP contribution is 2.44. The molecule has 3 heterocycles. The van der Waals surface area contributed by atoms with Crippen LogP contribution in [0.25, 0.3) is 5.69 Å². The predicted octanol–water partition coefficient (Wildman–Crippen LogP) is 6.72. The maximum Gasteiger partial charge on any atom is 0.174 e. The first kappa shape index (κ1) is 23.4. The second-order valence-corrected chi connectivity index (χ2v) is 9.38. The molecule has 2 aromatic heterocycles. The van der Waals surface area contributed by atoms with Crippen LogP contribution in [0.2, 0.25) is 5.02 Å². The van der Waals surface area contributed by atoms with Crippen molar-refractivity contribution in [1.82, 2.24) is 14.9 Å². The monoisotopic (exact) mass is 502 g/mol. The number of benzene rings is 2. The Labute approximate surface area is 216 Å². The Hall–Kier alpha value is -3.35. The third kappa shape index (κ3) is 4.40. The van der Waals surface area contributed by atoms with Gasteiger partial charge in [0.1, 0.15) is 5.75 Å². The van der Waals surface area contributed by atoms with Crippen LogP contribution in [0.3, 0.4) is 0 Å². The molecule has 1 aliphatic rings. The van der Waals surface area contributed by atoms with Crippen molar-refractivity contribution in [1.29, 1.82) is 0 Å². The molecule has 7 heteroatoms. The second-order valence-electron chi connectivity index (χ2n) is 8.56. The summed E-state index contributed by atoms with van der Waals surface area (Å²) in [6.07, 6.45) is 1.83. The quantitative estimate of drug-likeness (QED) is 0.296. The molecular formula is C28H27ClN4OS. The SMILES string of the molecule is CCOc1ccc(N2C(=S)N[C@@H](c3ccccn3)[C@@H]2c2cc(C)n(-c3ccc(Cl)cc3)c2C)cc1. The fourth-order valence-corrected chi connectivity index (χ4v) is 5.37. The minimum atomic E-state index is -0.102. The van der Waals surface area contributed by atoms with Gasteiger partial charge in [-0.15, -0.1) is 0 Å². The van der Waals surface area contributed by atoms with Gasteiger partial charge in [-0.05, 0) is 105 Å². The van der Waals surface area contributed by atoms with Crippen molar-refractivity contribution < 1.29 is 4.74 Å². The van der Waals surface area contributed by atoms with Crippen LogP contribution in [-0.2, 0) is 0 Å². The molecule has 1 aliphatic heterocycles. The van der Waals surface area contributed by atoms with E-state index in [-0.39, 0.29) is 12.1 Å². The molecule has 1 saturated heterocycles. The average molecular weight is 503 g/mol. The number of pyridine rings is 1. The van der Waals surface area contributed by atoms with Crippen LogP contribution in [0.1, 0.15) is 41.7 Å². The molecule has 0 spiro atoms. The number of nitrogens with one attached hydrogen (secondary N) is 1. The summed E-state index contributed by atoms with van der Waals surface area (Å²) in [6, 6.07) is 24.1. The smallest absolute Gasteiger partial charge is 0.174 e. The van der Waals surface area contributed by atoms with E-state index in [4.69, 9.17) is 28.6 Å². The van der Waals surface area contributed by atoms with Crippen LogP contribution < -0.4 is 15.0 Å². The number of thiocarbonyl (C=S) groups is 1. The number of aryl methyl sites for hydroxylation is 1. The molecule has 1 fully saturated rings. The molecular weight excluding hydrogens is 476 g/mol. The van der Waals surface area contributed by atoms with Gasteiger partial charge in [0.15, 0.2) is 5.11 Å². The Bertz CT molecular complexity index is 1340. The van der Waals surface area contributed by atoms with Crippen molar-refractivity contribution in [2.24, 2.45) is 0 Å². The highest BCUT2D eigenvalue weighted by molar-refractivity contribution is 7.80. The first-order valence-electron chi connectivity index (χ1n) is 11.7. The van der Waals surface area contributed by atoms with Gasteiger partial charge in [-0.1, -0.05) is 17.7 Å². The van der Waals surface area contributed by atoms with Crippen LogP contribution >= 0.6 is 23.8 Å². The maximum atomic E-state index is 6.15. The molecule has 2 atom stereocenters. The summed E-state index contributed by atoms with van der Waals surface area (Å²) in [6.45, 7) is 6.90. The van der Waals surface area contributed by atoms with E-state index in [2.05, 4.69) is 51.8 Å². The fourth-order valence-electron chi connectivity index (χ4n) is 4.89. The largest absolute Gasteiger partial charge is 0.494 e. The second kappa shape index (κ2) is 9.72. The van der Waals surface area contributed by atoms with E-state index in [0.717, 1.165) is 39.2 Å².